The molecule has 0 saturated carbocycles. The SMILES string of the molecule is Cc1nc(NC(=O)c2cnsn2)sc1Cc1ccccc1Cl. The quantitative estimate of drug-likeness (QED) is 0.777. The van der Waals surface area contributed by atoms with E-state index in [9.17, 15) is 4.79 Å². The number of carbonyl (C=O) groups excluding carboxylic acids is 1. The van der Waals surface area contributed by atoms with Gasteiger partial charge in [-0.1, -0.05) is 29.8 Å². The zero-order valence-corrected chi connectivity index (χ0v) is 13.9. The van der Waals surface area contributed by atoms with Crippen LogP contribution in [-0.2, 0) is 6.42 Å². The van der Waals surface area contributed by atoms with Crippen LogP contribution in [0.5, 0.6) is 0 Å². The van der Waals surface area contributed by atoms with E-state index in [0.29, 0.717) is 17.2 Å². The molecule has 1 aromatic carbocycles. The van der Waals surface area contributed by atoms with E-state index in [1.165, 1.54) is 17.5 Å². The number of hydrogen-bond acceptors (Lipinski definition) is 6. The van der Waals surface area contributed by atoms with Crippen LogP contribution < -0.4 is 5.32 Å². The van der Waals surface area contributed by atoms with Crippen LogP contribution in [0, 0.1) is 6.92 Å². The van der Waals surface area contributed by atoms with E-state index >= 15 is 0 Å². The molecule has 8 heteroatoms. The number of anilines is 1. The molecule has 0 unspecified atom stereocenters. The number of aromatic nitrogens is 3. The monoisotopic (exact) mass is 350 g/mol. The smallest absolute Gasteiger partial charge is 0.278 e. The van der Waals surface area contributed by atoms with Gasteiger partial charge < -0.3 is 0 Å². The van der Waals surface area contributed by atoms with Crippen molar-refractivity contribution in [3.8, 4) is 0 Å². The topological polar surface area (TPSA) is 67.8 Å². The molecule has 2 aromatic heterocycles. The molecule has 0 atom stereocenters. The molecule has 0 spiro atoms. The maximum Gasteiger partial charge on any atom is 0.278 e. The first-order valence-electron chi connectivity index (χ1n) is 6.42. The number of carbonyl (C=O) groups is 1. The molecule has 2 heterocycles. The molecule has 0 saturated heterocycles. The van der Waals surface area contributed by atoms with Gasteiger partial charge in [-0.25, -0.2) is 4.98 Å². The summed E-state index contributed by atoms with van der Waals surface area (Å²) in [6.07, 6.45) is 2.13. The predicted molar refractivity (Wildman–Crippen MR) is 89.0 cm³/mol. The third kappa shape index (κ3) is 3.32. The summed E-state index contributed by atoms with van der Waals surface area (Å²) in [7, 11) is 0. The van der Waals surface area contributed by atoms with Crippen LogP contribution in [-0.4, -0.2) is 19.6 Å². The minimum Gasteiger partial charge on any atom is -0.296 e. The normalized spacial score (nSPS) is 10.6. The highest BCUT2D eigenvalue weighted by atomic mass is 35.5. The van der Waals surface area contributed by atoms with Gasteiger partial charge in [0, 0.05) is 16.3 Å². The minimum atomic E-state index is -0.299. The zero-order valence-electron chi connectivity index (χ0n) is 11.5. The maximum absolute atomic E-state index is 11.9. The van der Waals surface area contributed by atoms with Crippen molar-refractivity contribution in [2.45, 2.75) is 13.3 Å². The van der Waals surface area contributed by atoms with Crippen LogP contribution in [0.3, 0.4) is 0 Å². The van der Waals surface area contributed by atoms with Gasteiger partial charge in [0.2, 0.25) is 0 Å². The van der Waals surface area contributed by atoms with E-state index < -0.39 is 0 Å². The molecule has 3 aromatic rings. The van der Waals surface area contributed by atoms with Gasteiger partial charge in [0.1, 0.15) is 0 Å². The number of benzene rings is 1. The second-order valence-corrected chi connectivity index (χ2v) is 6.59. The molecule has 5 nitrogen and oxygen atoms in total. The molecule has 112 valence electrons. The highest BCUT2D eigenvalue weighted by Crippen LogP contribution is 2.27. The third-order valence-electron chi connectivity index (χ3n) is 3.02. The van der Waals surface area contributed by atoms with Gasteiger partial charge in [-0.15, -0.1) is 11.3 Å². The van der Waals surface area contributed by atoms with Crippen molar-refractivity contribution < 1.29 is 4.79 Å². The van der Waals surface area contributed by atoms with Crippen molar-refractivity contribution in [3.05, 3.63) is 57.3 Å². The van der Waals surface area contributed by atoms with E-state index in [4.69, 9.17) is 11.6 Å². The molecule has 0 aliphatic carbocycles. The van der Waals surface area contributed by atoms with Crippen molar-refractivity contribution in [1.29, 1.82) is 0 Å². The Morgan fingerprint density at radius 2 is 2.18 bits per heavy atom. The first kappa shape index (κ1) is 15.1. The summed E-state index contributed by atoms with van der Waals surface area (Å²) in [4.78, 5) is 17.4. The van der Waals surface area contributed by atoms with E-state index in [-0.39, 0.29) is 5.91 Å². The molecule has 3 rings (SSSR count). The van der Waals surface area contributed by atoms with Gasteiger partial charge in [0.15, 0.2) is 10.8 Å². The van der Waals surface area contributed by atoms with E-state index in [2.05, 4.69) is 19.0 Å². The molecule has 0 bridgehead atoms. The molecule has 0 radical (unpaired) electrons. The summed E-state index contributed by atoms with van der Waals surface area (Å²) >= 11 is 8.63. The van der Waals surface area contributed by atoms with Crippen LogP contribution in [0.15, 0.2) is 30.5 Å². The summed E-state index contributed by atoms with van der Waals surface area (Å²) in [5.74, 6) is -0.299. The highest BCUT2D eigenvalue weighted by molar-refractivity contribution is 7.15. The Labute approximate surface area is 140 Å². The number of nitrogens with one attached hydrogen (secondary N) is 1. The molecule has 1 N–H and O–H groups in total. The Morgan fingerprint density at radius 1 is 1.36 bits per heavy atom. The predicted octanol–water partition coefficient (Wildman–Crippen LogP) is 3.80. The first-order valence-corrected chi connectivity index (χ1v) is 8.34. The lowest BCUT2D eigenvalue weighted by molar-refractivity contribution is 0.102. The number of thiazole rings is 1. The molecule has 22 heavy (non-hydrogen) atoms. The largest absolute Gasteiger partial charge is 0.296 e. The fourth-order valence-corrected chi connectivity index (χ4v) is 3.48. The van der Waals surface area contributed by atoms with Gasteiger partial charge in [-0.2, -0.15) is 8.75 Å². The lowest BCUT2D eigenvalue weighted by atomic mass is 10.1. The average molecular weight is 351 g/mol. The maximum atomic E-state index is 11.9. The van der Waals surface area contributed by atoms with Crippen molar-refractivity contribution in [2.24, 2.45) is 0 Å². The number of nitrogens with zero attached hydrogens (tertiary/aromatic N) is 3. The van der Waals surface area contributed by atoms with Crippen LogP contribution in [0.2, 0.25) is 5.02 Å². The van der Waals surface area contributed by atoms with Crippen LogP contribution in [0.1, 0.15) is 26.6 Å². The summed E-state index contributed by atoms with van der Waals surface area (Å²) in [6, 6.07) is 7.71. The Balaban J connectivity index is 1.76. The molecule has 0 aliphatic heterocycles. The summed E-state index contributed by atoms with van der Waals surface area (Å²) in [5.41, 5.74) is 2.22. The van der Waals surface area contributed by atoms with Gasteiger partial charge >= 0.3 is 0 Å². The number of aryl methyl sites for hydroxylation is 1. The van der Waals surface area contributed by atoms with Crippen molar-refractivity contribution in [1.82, 2.24) is 13.7 Å². The number of amides is 1. The fraction of sp³-hybridized carbons (Fsp3) is 0.143. The zero-order chi connectivity index (χ0) is 15.5. The minimum absolute atomic E-state index is 0.297. The number of halogens is 1. The number of hydrogen-bond donors (Lipinski definition) is 1. The van der Waals surface area contributed by atoms with Gasteiger partial charge in [0.05, 0.1) is 23.6 Å². The Bertz CT molecular complexity index is 801. The van der Waals surface area contributed by atoms with Gasteiger partial charge in [-0.3, -0.25) is 10.1 Å². The van der Waals surface area contributed by atoms with Crippen molar-refractivity contribution in [2.75, 3.05) is 5.32 Å². The molecule has 0 aliphatic rings. The molecule has 0 fully saturated rings. The van der Waals surface area contributed by atoms with Crippen LogP contribution >= 0.6 is 34.7 Å². The second kappa shape index (κ2) is 6.51. The second-order valence-electron chi connectivity index (χ2n) is 4.54. The van der Waals surface area contributed by atoms with Crippen molar-refractivity contribution in [3.63, 3.8) is 0 Å². The Kier molecular flexibility index (Phi) is 4.47. The summed E-state index contributed by atoms with van der Waals surface area (Å²) in [6.45, 7) is 1.92. The van der Waals surface area contributed by atoms with Gasteiger partial charge in [-0.05, 0) is 18.6 Å². The fourth-order valence-electron chi connectivity index (χ4n) is 1.89. The first-order chi connectivity index (χ1) is 10.6. The molecule has 1 amide bonds. The van der Waals surface area contributed by atoms with Crippen LogP contribution in [0.25, 0.3) is 0 Å². The lowest BCUT2D eigenvalue weighted by Gasteiger charge is -2.02. The lowest BCUT2D eigenvalue weighted by Crippen LogP contribution is -2.11. The van der Waals surface area contributed by atoms with Crippen molar-refractivity contribution >= 4 is 45.7 Å². The third-order valence-corrected chi connectivity index (χ3v) is 4.94. The van der Waals surface area contributed by atoms with Gasteiger partial charge in [0.25, 0.3) is 5.91 Å². The van der Waals surface area contributed by atoms with E-state index in [1.807, 2.05) is 31.2 Å². The molecular weight excluding hydrogens is 340 g/mol. The van der Waals surface area contributed by atoms with E-state index in [1.54, 1.807) is 0 Å². The van der Waals surface area contributed by atoms with E-state index in [0.717, 1.165) is 32.9 Å². The molecular formula is C14H11ClN4OS2. The van der Waals surface area contributed by atoms with Crippen LogP contribution in [0.4, 0.5) is 5.13 Å². The Hall–Kier alpha value is -1.83. The number of rotatable bonds is 4. The summed E-state index contributed by atoms with van der Waals surface area (Å²) < 4.78 is 7.71. The standard InChI is InChI=1S/C14H11ClN4OS2/c1-8-12(6-9-4-2-3-5-10(9)15)21-14(17-8)18-13(20)11-7-16-22-19-11/h2-5,7H,6H2,1H3,(H,17,18,20). The average Bonchev–Trinajstić information content (AvgIpc) is 3.12. The summed E-state index contributed by atoms with van der Waals surface area (Å²) in [5, 5.41) is 4.03. The highest BCUT2D eigenvalue weighted by Gasteiger charge is 2.14. The Morgan fingerprint density at radius 3 is 2.91 bits per heavy atom.